The van der Waals surface area contributed by atoms with Crippen LogP contribution in [0.15, 0.2) is 5.38 Å². The molecule has 0 atom stereocenters. The minimum absolute atomic E-state index is 0.0743. The van der Waals surface area contributed by atoms with Crippen molar-refractivity contribution in [3.05, 3.63) is 16.1 Å². The van der Waals surface area contributed by atoms with E-state index in [1.807, 2.05) is 6.07 Å². The average molecular weight is 237 g/mol. The van der Waals surface area contributed by atoms with Crippen LogP contribution >= 0.6 is 11.3 Å². The van der Waals surface area contributed by atoms with E-state index in [2.05, 4.69) is 29.5 Å². The van der Waals surface area contributed by atoms with Gasteiger partial charge in [0, 0.05) is 18.3 Å². The quantitative estimate of drug-likeness (QED) is 0.849. The van der Waals surface area contributed by atoms with Crippen molar-refractivity contribution in [1.82, 2.24) is 10.3 Å². The number of thiazole rings is 1. The first-order valence-electron chi connectivity index (χ1n) is 5.21. The van der Waals surface area contributed by atoms with Gasteiger partial charge in [0.25, 0.3) is 0 Å². The van der Waals surface area contributed by atoms with E-state index in [0.717, 1.165) is 17.1 Å². The van der Waals surface area contributed by atoms with Crippen LogP contribution < -0.4 is 5.32 Å². The van der Waals surface area contributed by atoms with Gasteiger partial charge < -0.3 is 5.32 Å². The van der Waals surface area contributed by atoms with Crippen LogP contribution in [0.2, 0.25) is 0 Å². The van der Waals surface area contributed by atoms with Crippen LogP contribution in [0.1, 0.15) is 36.9 Å². The van der Waals surface area contributed by atoms with Crippen LogP contribution in [-0.4, -0.2) is 17.4 Å². The third kappa shape index (κ3) is 3.99. The maximum absolute atomic E-state index is 11.0. The first-order chi connectivity index (χ1) is 7.63. The van der Waals surface area contributed by atoms with Gasteiger partial charge in [-0.25, -0.2) is 4.98 Å². The largest absolute Gasteiger partial charge is 0.355 e. The van der Waals surface area contributed by atoms with E-state index < -0.39 is 0 Å². The second kappa shape index (κ2) is 6.23. The number of carbonyl (C=O) groups is 1. The molecule has 0 unspecified atom stereocenters. The van der Waals surface area contributed by atoms with Gasteiger partial charge in [-0.05, 0) is 5.92 Å². The Morgan fingerprint density at radius 2 is 2.44 bits per heavy atom. The predicted octanol–water partition coefficient (Wildman–Crippen LogP) is 1.84. The summed E-state index contributed by atoms with van der Waals surface area (Å²) >= 11 is 1.62. The van der Waals surface area contributed by atoms with Gasteiger partial charge in [0.15, 0.2) is 0 Å². The highest BCUT2D eigenvalue weighted by molar-refractivity contribution is 7.09. The van der Waals surface area contributed by atoms with E-state index >= 15 is 0 Å². The normalized spacial score (nSPS) is 10.1. The zero-order chi connectivity index (χ0) is 12.0. The molecule has 1 aromatic rings. The van der Waals surface area contributed by atoms with Gasteiger partial charge in [0.1, 0.15) is 6.42 Å². The van der Waals surface area contributed by atoms with Crippen LogP contribution in [-0.2, 0) is 11.2 Å². The Labute approximate surface area is 99.3 Å². The van der Waals surface area contributed by atoms with Crippen LogP contribution in [0.25, 0.3) is 0 Å². The highest BCUT2D eigenvalue weighted by Crippen LogP contribution is 2.17. The first kappa shape index (κ1) is 12.7. The number of carbonyl (C=O) groups excluding carboxylic acids is 1. The fraction of sp³-hybridized carbons (Fsp3) is 0.545. The molecule has 0 aromatic carbocycles. The van der Waals surface area contributed by atoms with E-state index in [1.54, 1.807) is 11.3 Å². The predicted molar refractivity (Wildman–Crippen MR) is 63.1 cm³/mol. The molecule has 0 fully saturated rings. The molecule has 4 nitrogen and oxygen atoms in total. The van der Waals surface area contributed by atoms with Crippen molar-refractivity contribution in [2.24, 2.45) is 0 Å². The molecule has 1 heterocycles. The maximum Gasteiger partial charge on any atom is 0.234 e. The monoisotopic (exact) mass is 237 g/mol. The summed E-state index contributed by atoms with van der Waals surface area (Å²) in [6, 6.07) is 1.81. The SMILES string of the molecule is CC(C)c1csc(CCNC(=O)CC#N)n1. The minimum Gasteiger partial charge on any atom is -0.355 e. The van der Waals surface area contributed by atoms with Gasteiger partial charge in [-0.1, -0.05) is 13.8 Å². The van der Waals surface area contributed by atoms with Crippen molar-refractivity contribution < 1.29 is 4.79 Å². The number of nitriles is 1. The molecule has 0 aliphatic heterocycles. The Morgan fingerprint density at radius 1 is 1.69 bits per heavy atom. The summed E-state index contributed by atoms with van der Waals surface area (Å²) in [5, 5.41) is 14.1. The van der Waals surface area contributed by atoms with Crippen LogP contribution in [0.3, 0.4) is 0 Å². The molecular formula is C11H15N3OS. The lowest BCUT2D eigenvalue weighted by Crippen LogP contribution is -2.24. The number of amides is 1. The maximum atomic E-state index is 11.0. The molecule has 0 radical (unpaired) electrons. The van der Waals surface area contributed by atoms with Crippen molar-refractivity contribution in [2.75, 3.05) is 6.54 Å². The summed E-state index contributed by atoms with van der Waals surface area (Å²) in [5.74, 6) is 0.223. The van der Waals surface area contributed by atoms with E-state index in [-0.39, 0.29) is 12.3 Å². The Bertz CT molecular complexity index is 392. The Kier molecular flexibility index (Phi) is 4.93. The van der Waals surface area contributed by atoms with Crippen molar-refractivity contribution in [2.45, 2.75) is 32.6 Å². The topological polar surface area (TPSA) is 65.8 Å². The molecule has 0 spiro atoms. The Balaban J connectivity index is 2.32. The molecular weight excluding hydrogens is 222 g/mol. The lowest BCUT2D eigenvalue weighted by atomic mass is 10.2. The van der Waals surface area contributed by atoms with E-state index in [4.69, 9.17) is 5.26 Å². The third-order valence-electron chi connectivity index (χ3n) is 2.06. The van der Waals surface area contributed by atoms with Crippen molar-refractivity contribution in [1.29, 1.82) is 5.26 Å². The van der Waals surface area contributed by atoms with Gasteiger partial charge in [0.05, 0.1) is 16.8 Å². The second-order valence-electron chi connectivity index (χ2n) is 3.76. The molecule has 16 heavy (non-hydrogen) atoms. The smallest absolute Gasteiger partial charge is 0.234 e. The summed E-state index contributed by atoms with van der Waals surface area (Å²) in [7, 11) is 0. The molecule has 5 heteroatoms. The standard InChI is InChI=1S/C11H15N3OS/c1-8(2)9-7-16-11(14-9)4-6-13-10(15)3-5-12/h7-8H,3-4,6H2,1-2H3,(H,13,15). The molecule has 0 saturated carbocycles. The van der Waals surface area contributed by atoms with Gasteiger partial charge in [-0.15, -0.1) is 11.3 Å². The summed E-state index contributed by atoms with van der Waals surface area (Å²) < 4.78 is 0. The summed E-state index contributed by atoms with van der Waals surface area (Å²) in [5.41, 5.74) is 1.10. The lowest BCUT2D eigenvalue weighted by molar-refractivity contribution is -0.120. The third-order valence-corrected chi connectivity index (χ3v) is 2.99. The van der Waals surface area contributed by atoms with Gasteiger partial charge in [-0.2, -0.15) is 5.26 Å². The molecule has 1 aromatic heterocycles. The van der Waals surface area contributed by atoms with Gasteiger partial charge in [0.2, 0.25) is 5.91 Å². The summed E-state index contributed by atoms with van der Waals surface area (Å²) in [4.78, 5) is 15.5. The lowest BCUT2D eigenvalue weighted by Gasteiger charge is -2.00. The number of aromatic nitrogens is 1. The molecule has 86 valence electrons. The average Bonchev–Trinajstić information content (AvgIpc) is 2.67. The molecule has 0 aliphatic carbocycles. The van der Waals surface area contributed by atoms with E-state index in [1.165, 1.54) is 0 Å². The number of hydrogen-bond donors (Lipinski definition) is 1. The van der Waals surface area contributed by atoms with Crippen LogP contribution in [0.5, 0.6) is 0 Å². The molecule has 1 rings (SSSR count). The zero-order valence-corrected chi connectivity index (χ0v) is 10.3. The molecule has 1 N–H and O–H groups in total. The van der Waals surface area contributed by atoms with Crippen LogP contribution in [0.4, 0.5) is 0 Å². The Morgan fingerprint density at radius 3 is 3.00 bits per heavy atom. The summed E-state index contributed by atoms with van der Waals surface area (Å²) in [6.07, 6.45) is 0.656. The van der Waals surface area contributed by atoms with Gasteiger partial charge >= 0.3 is 0 Å². The highest BCUT2D eigenvalue weighted by Gasteiger charge is 2.06. The number of nitrogens with one attached hydrogen (secondary N) is 1. The zero-order valence-electron chi connectivity index (χ0n) is 9.49. The van der Waals surface area contributed by atoms with Crippen molar-refractivity contribution >= 4 is 17.2 Å². The number of nitrogens with zero attached hydrogens (tertiary/aromatic N) is 2. The fourth-order valence-corrected chi connectivity index (χ4v) is 2.11. The number of rotatable bonds is 5. The second-order valence-corrected chi connectivity index (χ2v) is 4.70. The van der Waals surface area contributed by atoms with E-state index in [0.29, 0.717) is 12.5 Å². The molecule has 0 saturated heterocycles. The van der Waals surface area contributed by atoms with Crippen LogP contribution in [0, 0.1) is 11.3 Å². The molecule has 0 aliphatic rings. The minimum atomic E-state index is -0.219. The molecule has 1 amide bonds. The fourth-order valence-electron chi connectivity index (χ4n) is 1.15. The van der Waals surface area contributed by atoms with E-state index in [9.17, 15) is 4.79 Å². The number of hydrogen-bond acceptors (Lipinski definition) is 4. The van der Waals surface area contributed by atoms with Crippen molar-refractivity contribution in [3.8, 4) is 6.07 Å². The Hall–Kier alpha value is -1.41. The first-order valence-corrected chi connectivity index (χ1v) is 6.09. The highest BCUT2D eigenvalue weighted by atomic mass is 32.1. The summed E-state index contributed by atoms with van der Waals surface area (Å²) in [6.45, 7) is 4.76. The van der Waals surface area contributed by atoms with Crippen molar-refractivity contribution in [3.63, 3.8) is 0 Å². The van der Waals surface area contributed by atoms with Gasteiger partial charge in [-0.3, -0.25) is 4.79 Å². The molecule has 0 bridgehead atoms.